The van der Waals surface area contributed by atoms with Crippen LogP contribution in [0.5, 0.6) is 5.75 Å². The Labute approximate surface area is 143 Å². The number of nitrogens with one attached hydrogen (secondary N) is 2. The lowest BCUT2D eigenvalue weighted by Gasteiger charge is -2.20. The fourth-order valence-electron chi connectivity index (χ4n) is 2.41. The Kier molecular flexibility index (Phi) is 6.17. The number of hydrogen-bond acceptors (Lipinski definition) is 4. The van der Waals surface area contributed by atoms with Gasteiger partial charge in [0.1, 0.15) is 24.4 Å². The summed E-state index contributed by atoms with van der Waals surface area (Å²) in [6.45, 7) is 7.44. The van der Waals surface area contributed by atoms with Crippen LogP contribution < -0.4 is 15.4 Å². The van der Waals surface area contributed by atoms with Gasteiger partial charge in [0.2, 0.25) is 0 Å². The average molecular weight is 330 g/mol. The van der Waals surface area contributed by atoms with Crippen LogP contribution in [0.25, 0.3) is 0 Å². The van der Waals surface area contributed by atoms with E-state index in [0.717, 1.165) is 29.6 Å². The maximum atomic E-state index is 5.48. The first kappa shape index (κ1) is 17.8. The van der Waals surface area contributed by atoms with Crippen LogP contribution in [0.3, 0.4) is 0 Å². The van der Waals surface area contributed by atoms with Crippen LogP contribution in [0.2, 0.25) is 0 Å². The van der Waals surface area contributed by atoms with Crippen LogP contribution >= 0.6 is 0 Å². The highest BCUT2D eigenvalue weighted by Gasteiger charge is 2.13. The van der Waals surface area contributed by atoms with Crippen molar-refractivity contribution in [3.63, 3.8) is 0 Å². The molecule has 2 rings (SSSR count). The number of rotatable bonds is 6. The summed E-state index contributed by atoms with van der Waals surface area (Å²) in [6.07, 6.45) is 1.53. The van der Waals surface area contributed by atoms with Crippen LogP contribution in [-0.2, 0) is 13.6 Å². The lowest BCUT2D eigenvalue weighted by molar-refractivity contribution is 0.405. The summed E-state index contributed by atoms with van der Waals surface area (Å²) in [7, 11) is 3.55. The summed E-state index contributed by atoms with van der Waals surface area (Å²) >= 11 is 0. The summed E-state index contributed by atoms with van der Waals surface area (Å²) < 4.78 is 7.20. The summed E-state index contributed by atoms with van der Waals surface area (Å²) in [5.74, 6) is 2.41. The highest BCUT2D eigenvalue weighted by atomic mass is 16.5. The average Bonchev–Trinajstić information content (AvgIpc) is 2.97. The number of ether oxygens (including phenoxy) is 1. The Balaban J connectivity index is 2.15. The van der Waals surface area contributed by atoms with E-state index in [4.69, 9.17) is 4.74 Å². The smallest absolute Gasteiger partial charge is 0.192 e. The molecule has 7 heteroatoms. The molecule has 0 saturated carbocycles. The Morgan fingerprint density at radius 2 is 2.21 bits per heavy atom. The second kappa shape index (κ2) is 8.33. The van der Waals surface area contributed by atoms with Crippen molar-refractivity contribution in [2.45, 2.75) is 33.4 Å². The predicted molar refractivity (Wildman–Crippen MR) is 95.1 cm³/mol. The van der Waals surface area contributed by atoms with E-state index in [9.17, 15) is 0 Å². The van der Waals surface area contributed by atoms with Gasteiger partial charge < -0.3 is 15.4 Å². The summed E-state index contributed by atoms with van der Waals surface area (Å²) in [5, 5.41) is 10.7. The molecule has 1 aromatic heterocycles. The van der Waals surface area contributed by atoms with E-state index in [2.05, 4.69) is 45.6 Å². The Morgan fingerprint density at radius 1 is 1.42 bits per heavy atom. The minimum atomic E-state index is 0.0529. The quantitative estimate of drug-likeness (QED) is 0.625. The van der Waals surface area contributed by atoms with Crippen molar-refractivity contribution in [2.24, 2.45) is 12.0 Å². The standard InChI is InChI=1S/C17H26N6O/c1-6-18-17(19-10-16-20-11-21-23(16)4)22-13(3)14-9-12(2)7-8-15(14)24-5/h7-9,11,13H,6,10H2,1-5H3,(H2,18,19,22)/t13-/m1/s1. The van der Waals surface area contributed by atoms with Crippen molar-refractivity contribution in [2.75, 3.05) is 13.7 Å². The molecule has 0 bridgehead atoms. The van der Waals surface area contributed by atoms with Crippen molar-refractivity contribution in [3.8, 4) is 5.75 Å². The molecule has 0 amide bonds. The maximum Gasteiger partial charge on any atom is 0.192 e. The van der Waals surface area contributed by atoms with Gasteiger partial charge in [0.15, 0.2) is 5.96 Å². The second-order valence-electron chi connectivity index (χ2n) is 5.61. The van der Waals surface area contributed by atoms with Gasteiger partial charge in [-0.3, -0.25) is 4.68 Å². The molecule has 0 fully saturated rings. The molecule has 0 aliphatic carbocycles. The van der Waals surface area contributed by atoms with E-state index in [1.807, 2.05) is 26.1 Å². The molecule has 0 radical (unpaired) electrons. The van der Waals surface area contributed by atoms with E-state index >= 15 is 0 Å². The van der Waals surface area contributed by atoms with E-state index in [-0.39, 0.29) is 6.04 Å². The number of guanidine groups is 1. The van der Waals surface area contributed by atoms with Gasteiger partial charge in [-0.15, -0.1) is 0 Å². The number of nitrogens with zero attached hydrogens (tertiary/aromatic N) is 4. The zero-order valence-electron chi connectivity index (χ0n) is 15.0. The van der Waals surface area contributed by atoms with Crippen LogP contribution in [0.4, 0.5) is 0 Å². The lowest BCUT2D eigenvalue weighted by Crippen LogP contribution is -2.38. The normalized spacial score (nSPS) is 12.8. The number of aromatic nitrogens is 3. The summed E-state index contributed by atoms with van der Waals surface area (Å²) in [5.41, 5.74) is 2.29. The molecular weight excluding hydrogens is 304 g/mol. The topological polar surface area (TPSA) is 76.4 Å². The third-order valence-corrected chi connectivity index (χ3v) is 3.73. The SMILES string of the molecule is CCNC(=NCc1ncnn1C)N[C@H](C)c1cc(C)ccc1OC. The molecule has 1 aromatic carbocycles. The Hall–Kier alpha value is -2.57. The molecule has 7 nitrogen and oxygen atoms in total. The number of aliphatic imine (C=N–C) groups is 1. The third kappa shape index (κ3) is 4.47. The van der Waals surface area contributed by atoms with E-state index < -0.39 is 0 Å². The molecule has 0 aliphatic rings. The minimum absolute atomic E-state index is 0.0529. The first-order valence-electron chi connectivity index (χ1n) is 8.07. The van der Waals surface area contributed by atoms with Gasteiger partial charge in [-0.2, -0.15) is 5.10 Å². The first-order chi connectivity index (χ1) is 11.5. The Bertz CT molecular complexity index is 694. The number of hydrogen-bond donors (Lipinski definition) is 2. The summed E-state index contributed by atoms with van der Waals surface area (Å²) in [4.78, 5) is 8.78. The molecule has 1 heterocycles. The minimum Gasteiger partial charge on any atom is -0.496 e. The van der Waals surface area contributed by atoms with Gasteiger partial charge in [-0.05, 0) is 26.8 Å². The van der Waals surface area contributed by atoms with Gasteiger partial charge in [-0.1, -0.05) is 17.7 Å². The molecule has 0 spiro atoms. The highest BCUT2D eigenvalue weighted by molar-refractivity contribution is 5.80. The number of methoxy groups -OCH3 is 1. The zero-order chi connectivity index (χ0) is 17.5. The zero-order valence-corrected chi connectivity index (χ0v) is 15.0. The first-order valence-corrected chi connectivity index (χ1v) is 8.07. The fraction of sp³-hybridized carbons (Fsp3) is 0.471. The number of benzene rings is 1. The Morgan fingerprint density at radius 3 is 2.83 bits per heavy atom. The van der Waals surface area contributed by atoms with Gasteiger partial charge in [-0.25, -0.2) is 9.98 Å². The van der Waals surface area contributed by atoms with Crippen LogP contribution in [0.15, 0.2) is 29.5 Å². The molecule has 0 saturated heterocycles. The third-order valence-electron chi connectivity index (χ3n) is 3.73. The van der Waals surface area contributed by atoms with E-state index in [0.29, 0.717) is 6.54 Å². The maximum absolute atomic E-state index is 5.48. The molecule has 24 heavy (non-hydrogen) atoms. The fourth-order valence-corrected chi connectivity index (χ4v) is 2.41. The van der Waals surface area contributed by atoms with Crippen LogP contribution in [0, 0.1) is 6.92 Å². The molecule has 2 aromatic rings. The molecule has 2 N–H and O–H groups in total. The van der Waals surface area contributed by atoms with E-state index in [1.54, 1.807) is 11.8 Å². The van der Waals surface area contributed by atoms with Gasteiger partial charge in [0.05, 0.1) is 13.2 Å². The molecular formula is C17H26N6O. The van der Waals surface area contributed by atoms with Gasteiger partial charge >= 0.3 is 0 Å². The van der Waals surface area contributed by atoms with Gasteiger partial charge in [0, 0.05) is 19.2 Å². The van der Waals surface area contributed by atoms with Gasteiger partial charge in [0.25, 0.3) is 0 Å². The van der Waals surface area contributed by atoms with Crippen molar-refractivity contribution < 1.29 is 4.74 Å². The van der Waals surface area contributed by atoms with Crippen molar-refractivity contribution in [1.29, 1.82) is 0 Å². The van der Waals surface area contributed by atoms with Crippen LogP contribution in [-0.4, -0.2) is 34.4 Å². The number of aryl methyl sites for hydroxylation is 2. The van der Waals surface area contributed by atoms with Crippen molar-refractivity contribution >= 4 is 5.96 Å². The monoisotopic (exact) mass is 330 g/mol. The van der Waals surface area contributed by atoms with Crippen LogP contribution in [0.1, 0.15) is 36.8 Å². The van der Waals surface area contributed by atoms with E-state index in [1.165, 1.54) is 11.9 Å². The molecule has 1 atom stereocenters. The summed E-state index contributed by atoms with van der Waals surface area (Å²) in [6, 6.07) is 6.22. The predicted octanol–water partition coefficient (Wildman–Crippen LogP) is 1.95. The largest absolute Gasteiger partial charge is 0.496 e. The molecule has 0 aliphatic heterocycles. The molecule has 0 unspecified atom stereocenters. The second-order valence-corrected chi connectivity index (χ2v) is 5.61. The van der Waals surface area contributed by atoms with Crippen molar-refractivity contribution in [3.05, 3.63) is 41.5 Å². The van der Waals surface area contributed by atoms with Crippen molar-refractivity contribution in [1.82, 2.24) is 25.4 Å². The highest BCUT2D eigenvalue weighted by Crippen LogP contribution is 2.25. The molecule has 130 valence electrons. The lowest BCUT2D eigenvalue weighted by atomic mass is 10.0.